The molecule has 0 amide bonds. The van der Waals surface area contributed by atoms with E-state index in [0.717, 1.165) is 21.1 Å². The minimum Gasteiger partial charge on any atom is -1.00 e. The smallest absolute Gasteiger partial charge is 0.108 e. The number of aromatic nitrogens is 2. The standard InChI is InChI=1S/C11H15BrN3.HI/c1-15(2,3)7-8-5-13-10-4-11(12)14-6-9(8)10;/h4-6,13H,7H2,1-3H3;1H/q+1;/p-1. The molecule has 5 heteroatoms. The summed E-state index contributed by atoms with van der Waals surface area (Å²) in [6, 6.07) is 2.01. The van der Waals surface area contributed by atoms with Crippen LogP contribution in [0.4, 0.5) is 0 Å². The quantitative estimate of drug-likeness (QED) is 0.416. The van der Waals surface area contributed by atoms with Gasteiger partial charge < -0.3 is 33.4 Å². The van der Waals surface area contributed by atoms with E-state index in [4.69, 9.17) is 0 Å². The van der Waals surface area contributed by atoms with Gasteiger partial charge in [-0.1, -0.05) is 0 Å². The molecule has 0 unspecified atom stereocenters. The van der Waals surface area contributed by atoms with Crippen molar-refractivity contribution in [2.75, 3.05) is 21.1 Å². The molecule has 0 fully saturated rings. The van der Waals surface area contributed by atoms with Crippen LogP contribution in [0, 0.1) is 0 Å². The van der Waals surface area contributed by atoms with E-state index < -0.39 is 0 Å². The molecular weight excluding hydrogens is 381 g/mol. The number of halogens is 2. The topological polar surface area (TPSA) is 28.7 Å². The Morgan fingerprint density at radius 3 is 2.69 bits per heavy atom. The highest BCUT2D eigenvalue weighted by atomic mass is 127. The minimum absolute atomic E-state index is 0. The Bertz CT molecular complexity index is 487. The molecule has 2 aromatic heterocycles. The van der Waals surface area contributed by atoms with Crippen molar-refractivity contribution in [3.63, 3.8) is 0 Å². The fraction of sp³-hybridized carbons (Fsp3) is 0.364. The number of nitrogens with one attached hydrogen (secondary N) is 1. The molecular formula is C11H15BrIN3. The zero-order valence-corrected chi connectivity index (χ0v) is 13.3. The number of hydrogen-bond donors (Lipinski definition) is 1. The van der Waals surface area contributed by atoms with Gasteiger partial charge in [-0.3, -0.25) is 0 Å². The number of fused-ring (bicyclic) bond motifs is 1. The van der Waals surface area contributed by atoms with Crippen LogP contribution in [0.5, 0.6) is 0 Å². The Kier molecular flexibility index (Phi) is 4.36. The zero-order valence-electron chi connectivity index (χ0n) is 9.59. The molecule has 0 aromatic carbocycles. The summed E-state index contributed by atoms with van der Waals surface area (Å²) in [6.07, 6.45) is 3.99. The fourth-order valence-corrected chi connectivity index (χ4v) is 2.02. The van der Waals surface area contributed by atoms with Gasteiger partial charge in [0.05, 0.1) is 26.7 Å². The Balaban J connectivity index is 0.00000128. The molecule has 0 spiro atoms. The fourth-order valence-electron chi connectivity index (χ4n) is 1.69. The van der Waals surface area contributed by atoms with Crippen LogP contribution in [-0.2, 0) is 6.54 Å². The van der Waals surface area contributed by atoms with Crippen molar-refractivity contribution in [3.05, 3.63) is 28.6 Å². The second-order valence-corrected chi connectivity index (χ2v) is 5.63. The maximum Gasteiger partial charge on any atom is 0.108 e. The van der Waals surface area contributed by atoms with Crippen molar-refractivity contribution in [1.29, 1.82) is 0 Å². The second kappa shape index (κ2) is 5.01. The van der Waals surface area contributed by atoms with Crippen molar-refractivity contribution in [2.45, 2.75) is 6.54 Å². The molecule has 0 aliphatic carbocycles. The third-order valence-corrected chi connectivity index (χ3v) is 2.70. The summed E-state index contributed by atoms with van der Waals surface area (Å²) in [4.78, 5) is 7.53. The van der Waals surface area contributed by atoms with Gasteiger partial charge in [-0.05, 0) is 22.0 Å². The molecule has 0 bridgehead atoms. The molecule has 0 saturated heterocycles. The highest BCUT2D eigenvalue weighted by Gasteiger charge is 2.13. The van der Waals surface area contributed by atoms with Gasteiger partial charge in [0.1, 0.15) is 11.1 Å². The van der Waals surface area contributed by atoms with Gasteiger partial charge in [0.15, 0.2) is 0 Å². The Morgan fingerprint density at radius 2 is 2.06 bits per heavy atom. The molecule has 0 aliphatic heterocycles. The summed E-state index contributed by atoms with van der Waals surface area (Å²) < 4.78 is 1.79. The third kappa shape index (κ3) is 3.18. The van der Waals surface area contributed by atoms with Crippen molar-refractivity contribution in [2.24, 2.45) is 0 Å². The molecule has 88 valence electrons. The first-order valence-electron chi connectivity index (χ1n) is 4.88. The first-order chi connectivity index (χ1) is 6.96. The van der Waals surface area contributed by atoms with E-state index in [1.807, 2.05) is 12.3 Å². The predicted molar refractivity (Wildman–Crippen MR) is 65.5 cm³/mol. The van der Waals surface area contributed by atoms with E-state index in [2.05, 4.69) is 53.2 Å². The Hall–Kier alpha value is -0.140. The molecule has 2 heterocycles. The van der Waals surface area contributed by atoms with Gasteiger partial charge in [-0.15, -0.1) is 0 Å². The molecule has 0 saturated carbocycles. The van der Waals surface area contributed by atoms with Gasteiger partial charge >= 0.3 is 0 Å². The van der Waals surface area contributed by atoms with Crippen LogP contribution in [0.3, 0.4) is 0 Å². The van der Waals surface area contributed by atoms with E-state index in [-0.39, 0.29) is 24.0 Å². The van der Waals surface area contributed by atoms with Gasteiger partial charge in [0, 0.05) is 23.3 Å². The van der Waals surface area contributed by atoms with E-state index in [9.17, 15) is 0 Å². The van der Waals surface area contributed by atoms with Crippen molar-refractivity contribution >= 4 is 26.8 Å². The molecule has 2 rings (SSSR count). The molecule has 3 nitrogen and oxygen atoms in total. The third-order valence-electron chi connectivity index (χ3n) is 2.26. The summed E-state index contributed by atoms with van der Waals surface area (Å²) in [5, 5.41) is 1.21. The lowest BCUT2D eigenvalue weighted by molar-refractivity contribution is -0.883. The highest BCUT2D eigenvalue weighted by molar-refractivity contribution is 9.10. The summed E-state index contributed by atoms with van der Waals surface area (Å²) in [5.41, 5.74) is 2.46. The Morgan fingerprint density at radius 1 is 1.38 bits per heavy atom. The minimum atomic E-state index is 0. The Labute approximate surface area is 121 Å². The summed E-state index contributed by atoms with van der Waals surface area (Å²) in [6.45, 7) is 1.00. The van der Waals surface area contributed by atoms with Crippen LogP contribution < -0.4 is 24.0 Å². The van der Waals surface area contributed by atoms with E-state index in [1.54, 1.807) is 0 Å². The van der Waals surface area contributed by atoms with Crippen molar-refractivity contribution in [3.8, 4) is 0 Å². The first kappa shape index (κ1) is 13.9. The molecule has 0 radical (unpaired) electrons. The van der Waals surface area contributed by atoms with Crippen LogP contribution in [-0.4, -0.2) is 35.6 Å². The van der Waals surface area contributed by atoms with Gasteiger partial charge in [0.25, 0.3) is 0 Å². The van der Waals surface area contributed by atoms with Crippen LogP contribution in [0.1, 0.15) is 5.56 Å². The lowest BCUT2D eigenvalue weighted by Gasteiger charge is -2.23. The maximum absolute atomic E-state index is 4.26. The lowest BCUT2D eigenvalue weighted by atomic mass is 10.2. The van der Waals surface area contributed by atoms with Crippen LogP contribution >= 0.6 is 15.9 Å². The number of quaternary nitrogens is 1. The number of aromatic amines is 1. The average molecular weight is 396 g/mol. The first-order valence-corrected chi connectivity index (χ1v) is 5.67. The maximum atomic E-state index is 4.26. The summed E-state index contributed by atoms with van der Waals surface area (Å²) in [5.74, 6) is 0. The second-order valence-electron chi connectivity index (χ2n) is 4.81. The number of rotatable bonds is 2. The SMILES string of the molecule is C[N+](C)(C)Cc1c[nH]c2cc(Br)ncc12.[I-]. The summed E-state index contributed by atoms with van der Waals surface area (Å²) >= 11 is 3.37. The van der Waals surface area contributed by atoms with Crippen LogP contribution in [0.25, 0.3) is 10.9 Å². The normalized spacial score (nSPS) is 11.5. The van der Waals surface area contributed by atoms with E-state index >= 15 is 0 Å². The van der Waals surface area contributed by atoms with E-state index in [1.165, 1.54) is 10.9 Å². The summed E-state index contributed by atoms with van der Waals surface area (Å²) in [7, 11) is 6.56. The molecule has 0 aliphatic rings. The molecule has 2 aromatic rings. The number of pyridine rings is 1. The van der Waals surface area contributed by atoms with Gasteiger partial charge in [-0.2, -0.15) is 0 Å². The number of hydrogen-bond acceptors (Lipinski definition) is 1. The van der Waals surface area contributed by atoms with Gasteiger partial charge in [0.2, 0.25) is 0 Å². The number of nitrogens with zero attached hydrogens (tertiary/aromatic N) is 2. The largest absolute Gasteiger partial charge is 1.00 e. The highest BCUT2D eigenvalue weighted by Crippen LogP contribution is 2.21. The van der Waals surface area contributed by atoms with Crippen molar-refractivity contribution < 1.29 is 28.5 Å². The van der Waals surface area contributed by atoms with Crippen molar-refractivity contribution in [1.82, 2.24) is 9.97 Å². The molecule has 1 N–H and O–H groups in total. The van der Waals surface area contributed by atoms with Gasteiger partial charge in [-0.25, -0.2) is 4.98 Å². The van der Waals surface area contributed by atoms with Crippen LogP contribution in [0.2, 0.25) is 0 Å². The predicted octanol–water partition coefficient (Wildman–Crippen LogP) is -0.464. The zero-order chi connectivity index (χ0) is 11.1. The van der Waals surface area contributed by atoms with E-state index in [0.29, 0.717) is 0 Å². The molecule has 0 atom stereocenters. The monoisotopic (exact) mass is 395 g/mol. The van der Waals surface area contributed by atoms with Crippen LogP contribution in [0.15, 0.2) is 23.1 Å². The number of H-pyrrole nitrogens is 1. The average Bonchev–Trinajstić information content (AvgIpc) is 2.45. The lowest BCUT2D eigenvalue weighted by Crippen LogP contribution is -3.00. The molecule has 16 heavy (non-hydrogen) atoms.